The minimum atomic E-state index is -1.17. The second-order valence-corrected chi connectivity index (χ2v) is 2.58. The van der Waals surface area contributed by atoms with Crippen molar-refractivity contribution >= 4 is 12.0 Å². The van der Waals surface area contributed by atoms with Gasteiger partial charge in [0.1, 0.15) is 17.1 Å². The molecule has 4 heteroatoms. The van der Waals surface area contributed by atoms with Crippen LogP contribution in [-0.4, -0.2) is 18.2 Å². The molecular weight excluding hydrogens is 187 g/mol. The molecule has 74 valence electrons. The Morgan fingerprint density at radius 3 is 2.71 bits per heavy atom. The Morgan fingerprint density at radius 2 is 2.29 bits per heavy atom. The number of carbonyl (C=O) groups is 1. The van der Waals surface area contributed by atoms with E-state index in [9.17, 15) is 9.18 Å². The lowest BCUT2D eigenvalue weighted by molar-refractivity contribution is 0.0693. The van der Waals surface area contributed by atoms with E-state index in [4.69, 9.17) is 9.84 Å². The minimum Gasteiger partial charge on any atom is -0.496 e. The van der Waals surface area contributed by atoms with Crippen LogP contribution in [0.4, 0.5) is 4.39 Å². The van der Waals surface area contributed by atoms with Gasteiger partial charge in [0.25, 0.3) is 0 Å². The molecule has 1 N–H and O–H groups in total. The molecule has 0 saturated carbocycles. The fourth-order valence-corrected chi connectivity index (χ4v) is 1.15. The van der Waals surface area contributed by atoms with E-state index in [2.05, 4.69) is 6.58 Å². The number of aromatic carboxylic acids is 1. The Balaban J connectivity index is 3.48. The zero-order valence-electron chi connectivity index (χ0n) is 7.58. The van der Waals surface area contributed by atoms with Gasteiger partial charge in [0, 0.05) is 6.07 Å². The average Bonchev–Trinajstić information content (AvgIpc) is 2.15. The monoisotopic (exact) mass is 196 g/mol. The van der Waals surface area contributed by atoms with E-state index in [0.717, 1.165) is 12.1 Å². The van der Waals surface area contributed by atoms with Gasteiger partial charge in [-0.2, -0.15) is 0 Å². The summed E-state index contributed by atoms with van der Waals surface area (Å²) < 4.78 is 17.7. The van der Waals surface area contributed by atoms with E-state index in [1.54, 1.807) is 0 Å². The second-order valence-electron chi connectivity index (χ2n) is 2.58. The molecule has 14 heavy (non-hydrogen) atoms. The number of benzene rings is 1. The van der Waals surface area contributed by atoms with Crippen LogP contribution in [0.3, 0.4) is 0 Å². The highest BCUT2D eigenvalue weighted by atomic mass is 19.1. The lowest BCUT2D eigenvalue weighted by Gasteiger charge is -2.07. The highest BCUT2D eigenvalue weighted by Gasteiger charge is 2.16. The summed E-state index contributed by atoms with van der Waals surface area (Å²) in [5, 5.41) is 8.85. The molecule has 1 aromatic rings. The lowest BCUT2D eigenvalue weighted by atomic mass is 10.1. The summed E-state index contributed by atoms with van der Waals surface area (Å²) >= 11 is 0. The molecule has 0 amide bonds. The fourth-order valence-electron chi connectivity index (χ4n) is 1.15. The number of hydrogen-bond donors (Lipinski definition) is 1. The van der Waals surface area contributed by atoms with Crippen molar-refractivity contribution in [1.29, 1.82) is 0 Å². The molecule has 1 aromatic carbocycles. The Labute approximate surface area is 80.4 Å². The van der Waals surface area contributed by atoms with Crippen LogP contribution in [0.15, 0.2) is 18.7 Å². The first kappa shape index (κ1) is 10.2. The van der Waals surface area contributed by atoms with Crippen LogP contribution >= 0.6 is 0 Å². The number of ether oxygens (including phenoxy) is 1. The van der Waals surface area contributed by atoms with Crippen LogP contribution in [0.5, 0.6) is 5.75 Å². The van der Waals surface area contributed by atoms with Crippen LogP contribution in [0.25, 0.3) is 6.08 Å². The predicted octanol–water partition coefficient (Wildman–Crippen LogP) is 2.18. The molecule has 0 saturated heterocycles. The molecular formula is C10H9FO3. The molecule has 0 aliphatic carbocycles. The van der Waals surface area contributed by atoms with E-state index in [-0.39, 0.29) is 16.9 Å². The standard InChI is InChI=1S/C10H9FO3/c1-3-6-4-7(11)5-8(14-2)9(6)10(12)13/h3-5H,1H2,2H3,(H,12,13). The third kappa shape index (κ3) is 1.74. The number of methoxy groups -OCH3 is 1. The molecule has 0 heterocycles. The Morgan fingerprint density at radius 1 is 1.64 bits per heavy atom. The summed E-state index contributed by atoms with van der Waals surface area (Å²) in [4.78, 5) is 10.8. The fraction of sp³-hybridized carbons (Fsp3) is 0.100. The average molecular weight is 196 g/mol. The predicted molar refractivity (Wildman–Crippen MR) is 50.0 cm³/mol. The van der Waals surface area contributed by atoms with Gasteiger partial charge in [0.15, 0.2) is 0 Å². The molecule has 0 fully saturated rings. The van der Waals surface area contributed by atoms with Crippen LogP contribution in [-0.2, 0) is 0 Å². The number of halogens is 1. The third-order valence-corrected chi connectivity index (χ3v) is 1.75. The first-order valence-corrected chi connectivity index (χ1v) is 3.83. The van der Waals surface area contributed by atoms with Crippen LogP contribution < -0.4 is 4.74 Å². The number of carboxylic acid groups (broad SMARTS) is 1. The highest BCUT2D eigenvalue weighted by Crippen LogP contribution is 2.24. The summed E-state index contributed by atoms with van der Waals surface area (Å²) in [5.41, 5.74) is 0.123. The topological polar surface area (TPSA) is 46.5 Å². The summed E-state index contributed by atoms with van der Waals surface area (Å²) in [6.45, 7) is 3.40. The van der Waals surface area contributed by atoms with Gasteiger partial charge in [-0.25, -0.2) is 9.18 Å². The Hall–Kier alpha value is -1.84. The van der Waals surface area contributed by atoms with Crippen molar-refractivity contribution in [1.82, 2.24) is 0 Å². The van der Waals surface area contributed by atoms with Gasteiger partial charge in [-0.05, 0) is 11.6 Å². The first-order valence-electron chi connectivity index (χ1n) is 3.83. The molecule has 0 aliphatic heterocycles. The Kier molecular flexibility index (Phi) is 2.86. The largest absolute Gasteiger partial charge is 0.496 e. The zero-order valence-corrected chi connectivity index (χ0v) is 7.58. The van der Waals surface area contributed by atoms with Crippen molar-refractivity contribution in [3.63, 3.8) is 0 Å². The first-order chi connectivity index (χ1) is 6.60. The third-order valence-electron chi connectivity index (χ3n) is 1.75. The maximum absolute atomic E-state index is 12.9. The summed E-state index contributed by atoms with van der Waals surface area (Å²) in [5.74, 6) is -1.73. The molecule has 3 nitrogen and oxygen atoms in total. The Bertz CT molecular complexity index is 385. The normalized spacial score (nSPS) is 9.57. The molecule has 0 radical (unpaired) electrons. The minimum absolute atomic E-state index is 0.00704. The molecule has 0 atom stereocenters. The molecule has 0 bridgehead atoms. The summed E-state index contributed by atoms with van der Waals surface area (Å²) in [6.07, 6.45) is 1.27. The van der Waals surface area contributed by atoms with E-state index < -0.39 is 11.8 Å². The van der Waals surface area contributed by atoms with Crippen LogP contribution in [0.2, 0.25) is 0 Å². The SMILES string of the molecule is C=Cc1cc(F)cc(OC)c1C(=O)O. The van der Waals surface area contributed by atoms with Crippen molar-refractivity contribution in [2.75, 3.05) is 7.11 Å². The summed E-state index contributed by atoms with van der Waals surface area (Å²) in [6, 6.07) is 2.12. The highest BCUT2D eigenvalue weighted by molar-refractivity contribution is 5.95. The van der Waals surface area contributed by atoms with Gasteiger partial charge >= 0.3 is 5.97 Å². The maximum atomic E-state index is 12.9. The zero-order chi connectivity index (χ0) is 10.7. The van der Waals surface area contributed by atoms with E-state index >= 15 is 0 Å². The number of hydrogen-bond acceptors (Lipinski definition) is 2. The van der Waals surface area contributed by atoms with E-state index in [1.165, 1.54) is 13.2 Å². The van der Waals surface area contributed by atoms with E-state index in [1.807, 2.05) is 0 Å². The molecule has 0 aliphatic rings. The lowest BCUT2D eigenvalue weighted by Crippen LogP contribution is -2.04. The van der Waals surface area contributed by atoms with Crippen LogP contribution in [0.1, 0.15) is 15.9 Å². The van der Waals surface area contributed by atoms with Crippen LogP contribution in [0, 0.1) is 5.82 Å². The van der Waals surface area contributed by atoms with Gasteiger partial charge in [-0.1, -0.05) is 12.7 Å². The van der Waals surface area contributed by atoms with Crippen molar-refractivity contribution in [2.24, 2.45) is 0 Å². The number of rotatable bonds is 3. The molecule has 0 spiro atoms. The quantitative estimate of drug-likeness (QED) is 0.805. The van der Waals surface area contributed by atoms with Crippen molar-refractivity contribution in [2.45, 2.75) is 0 Å². The summed E-state index contributed by atoms with van der Waals surface area (Å²) in [7, 11) is 1.29. The maximum Gasteiger partial charge on any atom is 0.340 e. The second kappa shape index (κ2) is 3.91. The molecule has 0 aromatic heterocycles. The van der Waals surface area contributed by atoms with Gasteiger partial charge in [-0.15, -0.1) is 0 Å². The molecule has 1 rings (SSSR count). The number of carboxylic acids is 1. The van der Waals surface area contributed by atoms with Crippen molar-refractivity contribution in [3.8, 4) is 5.75 Å². The van der Waals surface area contributed by atoms with E-state index in [0.29, 0.717) is 0 Å². The van der Waals surface area contributed by atoms with Gasteiger partial charge < -0.3 is 9.84 Å². The van der Waals surface area contributed by atoms with Gasteiger partial charge in [0.2, 0.25) is 0 Å². The van der Waals surface area contributed by atoms with Crippen molar-refractivity contribution < 1.29 is 19.0 Å². The smallest absolute Gasteiger partial charge is 0.340 e. The van der Waals surface area contributed by atoms with Gasteiger partial charge in [-0.3, -0.25) is 0 Å². The molecule has 0 unspecified atom stereocenters. The van der Waals surface area contributed by atoms with Gasteiger partial charge in [0.05, 0.1) is 7.11 Å². The van der Waals surface area contributed by atoms with Crippen molar-refractivity contribution in [3.05, 3.63) is 35.7 Å².